The molecule has 0 aliphatic carbocycles. The molecule has 0 radical (unpaired) electrons. The van der Waals surface area contributed by atoms with E-state index >= 15 is 0 Å². The maximum Gasteiger partial charge on any atom is 0.408 e. The van der Waals surface area contributed by atoms with Crippen LogP contribution >= 0.6 is 0 Å². The molecule has 0 saturated heterocycles. The summed E-state index contributed by atoms with van der Waals surface area (Å²) in [6.45, 7) is 0.185. The van der Waals surface area contributed by atoms with Gasteiger partial charge in [0, 0.05) is 18.8 Å². The first kappa shape index (κ1) is 20.2. The Hall–Kier alpha value is -2.50. The van der Waals surface area contributed by atoms with Crippen molar-refractivity contribution in [1.82, 2.24) is 9.29 Å². The van der Waals surface area contributed by atoms with Crippen LogP contribution in [0.5, 0.6) is 0 Å². The van der Waals surface area contributed by atoms with E-state index in [-0.39, 0.29) is 11.7 Å². The van der Waals surface area contributed by atoms with Gasteiger partial charge in [-0.25, -0.2) is 22.9 Å². The first-order chi connectivity index (χ1) is 12.9. The fourth-order valence-electron chi connectivity index (χ4n) is 2.90. The molecule has 2 N–H and O–H groups in total. The Kier molecular flexibility index (Phi) is 4.94. The third-order valence-corrected chi connectivity index (χ3v) is 6.87. The van der Waals surface area contributed by atoms with Crippen molar-refractivity contribution < 1.29 is 21.8 Å². The standard InChI is InChI=1S/C16H18F4N6OS/c1-15(13-11(17)3-4-12(24-13)10-5-6-22-7-10)9-28(27,23-8-16(18,19)20)26(2)14(21)25-15/h3-6H,7-9H2,1-2H3,(H2,21,25)/t15-,28+/m0/s1. The zero-order valence-electron chi connectivity index (χ0n) is 15.1. The van der Waals surface area contributed by atoms with Crippen LogP contribution in [-0.4, -0.2) is 57.7 Å². The maximum atomic E-state index is 14.6. The summed E-state index contributed by atoms with van der Waals surface area (Å²) in [6, 6.07) is 2.65. The molecule has 2 atom stereocenters. The van der Waals surface area contributed by atoms with Crippen LogP contribution in [0.3, 0.4) is 0 Å². The second-order valence-electron chi connectivity index (χ2n) is 6.60. The average molecular weight is 418 g/mol. The van der Waals surface area contributed by atoms with Crippen LogP contribution in [0.4, 0.5) is 17.6 Å². The first-order valence-corrected chi connectivity index (χ1v) is 9.81. The Morgan fingerprint density at radius 3 is 2.71 bits per heavy atom. The lowest BCUT2D eigenvalue weighted by Gasteiger charge is -2.36. The van der Waals surface area contributed by atoms with Crippen molar-refractivity contribution in [1.29, 1.82) is 0 Å². The Balaban J connectivity index is 2.08. The molecule has 0 amide bonds. The molecular formula is C16H18F4N6OS. The largest absolute Gasteiger partial charge is 0.408 e. The van der Waals surface area contributed by atoms with Crippen molar-refractivity contribution in [3.63, 3.8) is 0 Å². The van der Waals surface area contributed by atoms with E-state index in [1.165, 1.54) is 26.1 Å². The quantitative estimate of drug-likeness (QED) is 0.762. The number of alkyl halides is 3. The summed E-state index contributed by atoms with van der Waals surface area (Å²) in [6.07, 6.45) is -1.32. The Morgan fingerprint density at radius 1 is 1.39 bits per heavy atom. The molecule has 28 heavy (non-hydrogen) atoms. The molecule has 0 unspecified atom stereocenters. The van der Waals surface area contributed by atoms with E-state index in [1.54, 1.807) is 12.3 Å². The lowest BCUT2D eigenvalue weighted by molar-refractivity contribution is -0.117. The molecule has 12 heteroatoms. The summed E-state index contributed by atoms with van der Waals surface area (Å²) in [5.41, 5.74) is 5.27. The van der Waals surface area contributed by atoms with Gasteiger partial charge in [0.25, 0.3) is 0 Å². The molecule has 1 aromatic rings. The predicted octanol–water partition coefficient (Wildman–Crippen LogP) is 2.11. The van der Waals surface area contributed by atoms with E-state index in [2.05, 4.69) is 19.3 Å². The van der Waals surface area contributed by atoms with Crippen molar-refractivity contribution in [3.05, 3.63) is 35.4 Å². The second-order valence-corrected chi connectivity index (χ2v) is 8.91. The Morgan fingerprint density at radius 2 is 2.11 bits per heavy atom. The molecule has 3 rings (SSSR count). The van der Waals surface area contributed by atoms with Crippen molar-refractivity contribution >= 4 is 27.7 Å². The van der Waals surface area contributed by atoms with Crippen LogP contribution in [0.25, 0.3) is 5.57 Å². The number of aromatic nitrogens is 1. The minimum Gasteiger partial charge on any atom is -0.369 e. The number of rotatable bonds is 3. The van der Waals surface area contributed by atoms with E-state index in [0.29, 0.717) is 12.2 Å². The summed E-state index contributed by atoms with van der Waals surface area (Å²) in [5, 5.41) is 0. The number of pyridine rings is 1. The molecule has 0 bridgehead atoms. The summed E-state index contributed by atoms with van der Waals surface area (Å²) < 4.78 is 69.9. The molecule has 7 nitrogen and oxygen atoms in total. The minimum absolute atomic E-state index is 0.163. The van der Waals surface area contributed by atoms with Crippen LogP contribution < -0.4 is 5.73 Å². The number of halogens is 4. The third kappa shape index (κ3) is 3.86. The van der Waals surface area contributed by atoms with E-state index in [1.807, 2.05) is 0 Å². The van der Waals surface area contributed by atoms with E-state index < -0.39 is 39.7 Å². The zero-order chi connectivity index (χ0) is 20.7. The second kappa shape index (κ2) is 6.83. The SMILES string of the molecule is CN1C(N)=N[C@](C)(c2nc(C3=CC=NC3)ccc2F)C[S@@]1(=O)=NCC(F)(F)F. The summed E-state index contributed by atoms with van der Waals surface area (Å²) in [4.78, 5) is 12.5. The van der Waals surface area contributed by atoms with Crippen LogP contribution in [0, 0.1) is 5.82 Å². The fourth-order valence-corrected chi connectivity index (χ4v) is 4.98. The van der Waals surface area contributed by atoms with Crippen molar-refractivity contribution in [2.24, 2.45) is 20.1 Å². The van der Waals surface area contributed by atoms with Gasteiger partial charge in [0.2, 0.25) is 5.96 Å². The van der Waals surface area contributed by atoms with Gasteiger partial charge in [0.1, 0.15) is 33.5 Å². The number of hydrogen-bond acceptors (Lipinski definition) is 6. The number of nitrogens with two attached hydrogens (primary N) is 1. The Labute approximate surface area is 159 Å². The van der Waals surface area contributed by atoms with Gasteiger partial charge in [0.15, 0.2) is 0 Å². The van der Waals surface area contributed by atoms with Crippen LogP contribution in [0.15, 0.2) is 32.6 Å². The van der Waals surface area contributed by atoms with Gasteiger partial charge < -0.3 is 5.73 Å². The average Bonchev–Trinajstić information content (AvgIpc) is 3.12. The molecule has 0 spiro atoms. The molecule has 0 aromatic carbocycles. The van der Waals surface area contributed by atoms with E-state index in [0.717, 1.165) is 9.88 Å². The molecule has 3 heterocycles. The fraction of sp³-hybridized carbons (Fsp3) is 0.438. The molecular weight excluding hydrogens is 400 g/mol. The third-order valence-electron chi connectivity index (χ3n) is 4.35. The first-order valence-electron chi connectivity index (χ1n) is 8.16. The predicted molar refractivity (Wildman–Crippen MR) is 98.6 cm³/mol. The Bertz CT molecular complexity index is 1010. The van der Waals surface area contributed by atoms with Crippen LogP contribution in [0.1, 0.15) is 18.3 Å². The highest BCUT2D eigenvalue weighted by atomic mass is 32.2. The molecule has 2 aliphatic rings. The van der Waals surface area contributed by atoms with Gasteiger partial charge in [0.05, 0.1) is 18.0 Å². The molecule has 152 valence electrons. The highest BCUT2D eigenvalue weighted by Crippen LogP contribution is 2.34. The molecule has 0 saturated carbocycles. The van der Waals surface area contributed by atoms with Gasteiger partial charge in [-0.15, -0.1) is 0 Å². The normalized spacial score (nSPS) is 27.6. The zero-order valence-corrected chi connectivity index (χ0v) is 15.9. The molecule has 1 aromatic heterocycles. The summed E-state index contributed by atoms with van der Waals surface area (Å²) >= 11 is 0. The lowest BCUT2D eigenvalue weighted by Crippen LogP contribution is -2.51. The summed E-state index contributed by atoms with van der Waals surface area (Å²) in [5.74, 6) is -1.53. The molecule has 2 aliphatic heterocycles. The van der Waals surface area contributed by atoms with Crippen LogP contribution in [0.2, 0.25) is 0 Å². The van der Waals surface area contributed by atoms with E-state index in [4.69, 9.17) is 5.73 Å². The topological polar surface area (TPSA) is 96.3 Å². The highest BCUT2D eigenvalue weighted by Gasteiger charge is 2.42. The molecule has 0 fully saturated rings. The maximum absolute atomic E-state index is 14.6. The number of nitrogens with zero attached hydrogens (tertiary/aromatic N) is 5. The van der Waals surface area contributed by atoms with Gasteiger partial charge in [-0.2, -0.15) is 13.2 Å². The lowest BCUT2D eigenvalue weighted by atomic mass is 9.98. The van der Waals surface area contributed by atoms with Crippen LogP contribution in [-0.2, 0) is 15.5 Å². The monoisotopic (exact) mass is 418 g/mol. The van der Waals surface area contributed by atoms with Gasteiger partial charge in [-0.3, -0.25) is 9.30 Å². The van der Waals surface area contributed by atoms with Gasteiger partial charge in [-0.05, 0) is 25.1 Å². The smallest absolute Gasteiger partial charge is 0.369 e. The number of guanidine groups is 1. The van der Waals surface area contributed by atoms with Crippen molar-refractivity contribution in [3.8, 4) is 0 Å². The van der Waals surface area contributed by atoms with Crippen molar-refractivity contribution in [2.45, 2.75) is 18.6 Å². The van der Waals surface area contributed by atoms with Gasteiger partial charge in [-0.1, -0.05) is 0 Å². The van der Waals surface area contributed by atoms with E-state index in [9.17, 15) is 21.8 Å². The number of aliphatic imine (C=N–C) groups is 2. The van der Waals surface area contributed by atoms with Crippen molar-refractivity contribution in [2.75, 3.05) is 25.9 Å². The minimum atomic E-state index is -4.64. The number of allylic oxidation sites excluding steroid dienone is 1. The number of hydrogen-bond donors (Lipinski definition) is 1. The highest BCUT2D eigenvalue weighted by molar-refractivity contribution is 7.92. The summed E-state index contributed by atoms with van der Waals surface area (Å²) in [7, 11) is -2.38. The van der Waals surface area contributed by atoms with Gasteiger partial charge >= 0.3 is 6.18 Å².